The summed E-state index contributed by atoms with van der Waals surface area (Å²) < 4.78 is 26.9. The number of benzene rings is 3. The summed E-state index contributed by atoms with van der Waals surface area (Å²) in [5.74, 6) is -2.35. The fraction of sp³-hybridized carbons (Fsp3) is 0.200. The predicted molar refractivity (Wildman–Crippen MR) is 119 cm³/mol. The number of carbonyl (C=O) groups is 1. The van der Waals surface area contributed by atoms with E-state index in [-0.39, 0.29) is 17.5 Å². The van der Waals surface area contributed by atoms with Gasteiger partial charge < -0.3 is 9.80 Å². The van der Waals surface area contributed by atoms with E-state index in [1.54, 1.807) is 17.0 Å². The zero-order valence-electron chi connectivity index (χ0n) is 17.1. The van der Waals surface area contributed by atoms with Crippen LogP contribution in [0.1, 0.15) is 27.9 Å². The van der Waals surface area contributed by atoms with Crippen LogP contribution in [0.15, 0.2) is 66.7 Å². The molecule has 1 atom stereocenters. The minimum atomic E-state index is -1.04. The maximum Gasteiger partial charge on any atom is 0.254 e. The summed E-state index contributed by atoms with van der Waals surface area (Å²) in [5.41, 5.74) is 2.47. The van der Waals surface area contributed by atoms with Crippen molar-refractivity contribution < 1.29 is 13.6 Å². The van der Waals surface area contributed by atoms with Crippen LogP contribution in [0.2, 0.25) is 5.02 Å². The summed E-state index contributed by atoms with van der Waals surface area (Å²) in [6.45, 7) is 1.53. The summed E-state index contributed by atoms with van der Waals surface area (Å²) >= 11 is 6.29. The number of halogens is 3. The molecule has 1 saturated heterocycles. The molecular weight excluding hydrogens is 432 g/mol. The third kappa shape index (κ3) is 4.58. The predicted octanol–water partition coefficient (Wildman–Crippen LogP) is 5.41. The Morgan fingerprint density at radius 3 is 2.56 bits per heavy atom. The van der Waals surface area contributed by atoms with E-state index >= 15 is 0 Å². The van der Waals surface area contributed by atoms with Crippen LogP contribution in [0, 0.1) is 23.0 Å². The lowest BCUT2D eigenvalue weighted by Crippen LogP contribution is -2.38. The second kappa shape index (κ2) is 9.37. The third-order valence-electron chi connectivity index (χ3n) is 5.66. The van der Waals surface area contributed by atoms with Gasteiger partial charge in [-0.3, -0.25) is 4.79 Å². The van der Waals surface area contributed by atoms with Crippen molar-refractivity contribution in [2.75, 3.05) is 18.0 Å². The van der Waals surface area contributed by atoms with Crippen molar-refractivity contribution in [2.45, 2.75) is 19.0 Å². The standard InChI is InChI=1S/C25H20ClF2N3O/c26-22-13-20(8-6-19(22)14-29)31(15-17-4-2-1-3-5-17)21-10-11-30(16-21)25(32)18-7-9-23(27)24(28)12-18/h1-9,12-13,21H,10-11,15-16H2/t21-/m0/s1. The maximum absolute atomic E-state index is 13.6. The summed E-state index contributed by atoms with van der Waals surface area (Å²) in [7, 11) is 0. The number of anilines is 1. The van der Waals surface area contributed by atoms with Gasteiger partial charge in [0, 0.05) is 36.9 Å². The normalized spacial score (nSPS) is 15.4. The topological polar surface area (TPSA) is 47.3 Å². The molecule has 162 valence electrons. The van der Waals surface area contributed by atoms with Crippen LogP contribution >= 0.6 is 11.6 Å². The summed E-state index contributed by atoms with van der Waals surface area (Å²) in [5, 5.41) is 9.56. The average Bonchev–Trinajstić information content (AvgIpc) is 3.29. The average molecular weight is 452 g/mol. The van der Waals surface area contributed by atoms with E-state index in [1.165, 1.54) is 6.07 Å². The fourth-order valence-electron chi connectivity index (χ4n) is 3.98. The molecule has 0 spiro atoms. The number of nitrogens with zero attached hydrogens (tertiary/aromatic N) is 3. The van der Waals surface area contributed by atoms with Crippen LogP contribution in [0.25, 0.3) is 0 Å². The van der Waals surface area contributed by atoms with Gasteiger partial charge in [0.05, 0.1) is 10.6 Å². The lowest BCUT2D eigenvalue weighted by Gasteiger charge is -2.32. The Labute approximate surface area is 190 Å². The Bertz CT molecular complexity index is 1180. The molecule has 1 heterocycles. The second-order valence-electron chi connectivity index (χ2n) is 7.71. The first kappa shape index (κ1) is 21.8. The van der Waals surface area contributed by atoms with Crippen molar-refractivity contribution in [2.24, 2.45) is 0 Å². The summed E-state index contributed by atoms with van der Waals surface area (Å²) in [6, 6.07) is 20.5. The van der Waals surface area contributed by atoms with E-state index in [9.17, 15) is 18.8 Å². The van der Waals surface area contributed by atoms with Gasteiger partial charge in [0.1, 0.15) is 6.07 Å². The number of nitriles is 1. The molecule has 3 aromatic carbocycles. The second-order valence-corrected chi connectivity index (χ2v) is 8.12. The molecule has 1 fully saturated rings. The summed E-state index contributed by atoms with van der Waals surface area (Å²) in [6.07, 6.45) is 0.708. The van der Waals surface area contributed by atoms with E-state index in [0.29, 0.717) is 36.6 Å². The highest BCUT2D eigenvalue weighted by atomic mass is 35.5. The van der Waals surface area contributed by atoms with Crippen LogP contribution in [-0.2, 0) is 6.54 Å². The monoisotopic (exact) mass is 451 g/mol. The highest BCUT2D eigenvalue weighted by Gasteiger charge is 2.31. The zero-order valence-corrected chi connectivity index (χ0v) is 17.9. The molecule has 0 N–H and O–H groups in total. The van der Waals surface area contributed by atoms with Gasteiger partial charge in [-0.05, 0) is 48.4 Å². The van der Waals surface area contributed by atoms with Gasteiger partial charge in [-0.1, -0.05) is 41.9 Å². The van der Waals surface area contributed by atoms with Gasteiger partial charge in [-0.2, -0.15) is 5.26 Å². The lowest BCUT2D eigenvalue weighted by atomic mass is 10.1. The molecule has 4 nitrogen and oxygen atoms in total. The largest absolute Gasteiger partial charge is 0.362 e. The third-order valence-corrected chi connectivity index (χ3v) is 5.97. The molecule has 1 aliphatic rings. The van der Waals surface area contributed by atoms with Crippen LogP contribution < -0.4 is 4.90 Å². The van der Waals surface area contributed by atoms with Crippen LogP contribution in [0.4, 0.5) is 14.5 Å². The van der Waals surface area contributed by atoms with Crippen molar-refractivity contribution in [3.8, 4) is 6.07 Å². The van der Waals surface area contributed by atoms with Crippen LogP contribution in [0.5, 0.6) is 0 Å². The number of hydrogen-bond acceptors (Lipinski definition) is 3. The fourth-order valence-corrected chi connectivity index (χ4v) is 4.19. The molecule has 0 radical (unpaired) electrons. The van der Waals surface area contributed by atoms with Gasteiger partial charge in [0.15, 0.2) is 11.6 Å². The quantitative estimate of drug-likeness (QED) is 0.521. The highest BCUT2D eigenvalue weighted by molar-refractivity contribution is 6.32. The minimum absolute atomic E-state index is 0.00606. The lowest BCUT2D eigenvalue weighted by molar-refractivity contribution is 0.0790. The van der Waals surface area contributed by atoms with Gasteiger partial charge in [0.2, 0.25) is 0 Å². The molecule has 4 rings (SSSR count). The molecule has 0 aromatic heterocycles. The van der Waals surface area contributed by atoms with E-state index < -0.39 is 11.6 Å². The molecule has 0 bridgehead atoms. The Morgan fingerprint density at radius 1 is 1.09 bits per heavy atom. The number of amides is 1. The molecule has 0 unspecified atom stereocenters. The van der Waals surface area contributed by atoms with Crippen LogP contribution in [-0.4, -0.2) is 29.9 Å². The Balaban J connectivity index is 1.59. The molecule has 0 aliphatic carbocycles. The van der Waals surface area contributed by atoms with E-state index in [0.717, 1.165) is 23.4 Å². The SMILES string of the molecule is N#Cc1ccc(N(Cc2ccccc2)[C@H]2CCN(C(=O)c3ccc(F)c(F)c3)C2)cc1Cl. The first-order valence-corrected chi connectivity index (χ1v) is 10.6. The van der Waals surface area contributed by atoms with Gasteiger partial charge in [0.25, 0.3) is 5.91 Å². The molecule has 0 saturated carbocycles. The van der Waals surface area contributed by atoms with Gasteiger partial charge >= 0.3 is 0 Å². The van der Waals surface area contributed by atoms with Gasteiger partial charge in [-0.25, -0.2) is 8.78 Å². The first-order valence-electron chi connectivity index (χ1n) is 10.2. The summed E-state index contributed by atoms with van der Waals surface area (Å²) in [4.78, 5) is 16.7. The van der Waals surface area contributed by atoms with Crippen molar-refractivity contribution >= 4 is 23.2 Å². The van der Waals surface area contributed by atoms with Crippen molar-refractivity contribution in [3.05, 3.63) is 100 Å². The molecule has 1 amide bonds. The number of likely N-dealkylation sites (tertiary alicyclic amines) is 1. The van der Waals surface area contributed by atoms with E-state index in [4.69, 9.17) is 11.6 Å². The number of rotatable bonds is 5. The zero-order chi connectivity index (χ0) is 22.7. The molecule has 7 heteroatoms. The van der Waals surface area contributed by atoms with E-state index in [1.807, 2.05) is 36.4 Å². The van der Waals surface area contributed by atoms with Crippen molar-refractivity contribution in [1.82, 2.24) is 4.90 Å². The minimum Gasteiger partial charge on any atom is -0.362 e. The Hall–Kier alpha value is -3.43. The van der Waals surface area contributed by atoms with Crippen molar-refractivity contribution in [3.63, 3.8) is 0 Å². The van der Waals surface area contributed by atoms with Crippen molar-refractivity contribution in [1.29, 1.82) is 5.26 Å². The molecule has 32 heavy (non-hydrogen) atoms. The van der Waals surface area contributed by atoms with E-state index in [2.05, 4.69) is 11.0 Å². The Morgan fingerprint density at radius 2 is 1.88 bits per heavy atom. The van der Waals surface area contributed by atoms with Gasteiger partial charge in [-0.15, -0.1) is 0 Å². The number of hydrogen-bond donors (Lipinski definition) is 0. The van der Waals surface area contributed by atoms with Crippen LogP contribution in [0.3, 0.4) is 0 Å². The highest BCUT2D eigenvalue weighted by Crippen LogP contribution is 2.30. The first-order chi connectivity index (χ1) is 15.5. The Kier molecular flexibility index (Phi) is 6.38. The maximum atomic E-state index is 13.6. The molecular formula is C25H20ClF2N3O. The molecule has 1 aliphatic heterocycles. The molecule has 3 aromatic rings. The smallest absolute Gasteiger partial charge is 0.254 e. The number of carbonyl (C=O) groups excluding carboxylic acids is 1.